The van der Waals surface area contributed by atoms with Crippen LogP contribution in [-0.2, 0) is 11.2 Å². The second kappa shape index (κ2) is 7.33. The van der Waals surface area contributed by atoms with E-state index in [4.69, 9.17) is 0 Å². The number of hydrogen-bond acceptors (Lipinski definition) is 1. The maximum absolute atomic E-state index is 12.4. The van der Waals surface area contributed by atoms with Gasteiger partial charge in [0.15, 0.2) is 0 Å². The van der Waals surface area contributed by atoms with Crippen molar-refractivity contribution in [3.63, 3.8) is 0 Å². The third-order valence-electron chi connectivity index (χ3n) is 5.40. The number of hydrogen-bond donors (Lipinski definition) is 0. The molecule has 2 aromatic rings. The van der Waals surface area contributed by atoms with Crippen molar-refractivity contribution >= 4 is 5.91 Å². The van der Waals surface area contributed by atoms with Gasteiger partial charge < -0.3 is 4.90 Å². The number of amides is 1. The van der Waals surface area contributed by atoms with Crippen molar-refractivity contribution in [1.82, 2.24) is 4.90 Å². The summed E-state index contributed by atoms with van der Waals surface area (Å²) in [4.78, 5) is 14.4. The van der Waals surface area contributed by atoms with Crippen molar-refractivity contribution in [2.24, 2.45) is 11.8 Å². The second-order valence-corrected chi connectivity index (χ2v) is 7.31. The summed E-state index contributed by atoms with van der Waals surface area (Å²) in [6, 6.07) is 19.3. The number of allylic oxidation sites excluding steroid dienone is 2. The molecule has 1 amide bonds. The third kappa shape index (κ3) is 3.37. The molecule has 0 radical (unpaired) electrons. The van der Waals surface area contributed by atoms with Crippen LogP contribution in [0.4, 0.5) is 0 Å². The largest absolute Gasteiger partial charge is 0.342 e. The number of fused-ring (bicyclic) bond motifs is 1. The first kappa shape index (κ1) is 16.8. The molecule has 0 saturated carbocycles. The zero-order valence-corrected chi connectivity index (χ0v) is 15.3. The Labute approximate surface area is 155 Å². The maximum atomic E-state index is 12.4. The fraction of sp³-hybridized carbons (Fsp3) is 0.292. The quantitative estimate of drug-likeness (QED) is 0.758. The van der Waals surface area contributed by atoms with Gasteiger partial charge in [-0.05, 0) is 35.1 Å². The molecule has 1 aliphatic carbocycles. The van der Waals surface area contributed by atoms with E-state index in [2.05, 4.69) is 73.7 Å². The Balaban J connectivity index is 1.45. The van der Waals surface area contributed by atoms with Crippen LogP contribution in [0, 0.1) is 11.8 Å². The standard InChI is InChI=1S/C24H25NO/c1-2-14-25-17-22-16-19(10-13-23(22)24(25)26)15-18-8-11-21(12-9-18)20-6-4-3-5-7-20/h3-13,16,22-23H,2,14-15,17H2,1H3. The lowest BCUT2D eigenvalue weighted by Crippen LogP contribution is -2.27. The summed E-state index contributed by atoms with van der Waals surface area (Å²) in [6.45, 7) is 3.88. The highest BCUT2D eigenvalue weighted by Gasteiger charge is 2.38. The van der Waals surface area contributed by atoms with E-state index in [1.54, 1.807) is 0 Å². The number of carbonyl (C=O) groups is 1. The number of carbonyl (C=O) groups excluding carboxylic acids is 1. The van der Waals surface area contributed by atoms with E-state index < -0.39 is 0 Å². The van der Waals surface area contributed by atoms with Crippen LogP contribution < -0.4 is 0 Å². The Morgan fingerprint density at radius 2 is 1.73 bits per heavy atom. The third-order valence-corrected chi connectivity index (χ3v) is 5.40. The van der Waals surface area contributed by atoms with E-state index >= 15 is 0 Å². The first-order valence-corrected chi connectivity index (χ1v) is 9.56. The monoisotopic (exact) mass is 343 g/mol. The van der Waals surface area contributed by atoms with Gasteiger partial charge in [0.05, 0.1) is 5.92 Å². The van der Waals surface area contributed by atoms with Crippen LogP contribution in [0.25, 0.3) is 11.1 Å². The van der Waals surface area contributed by atoms with Gasteiger partial charge in [-0.1, -0.05) is 79.7 Å². The lowest BCUT2D eigenvalue weighted by Gasteiger charge is -2.16. The predicted molar refractivity (Wildman–Crippen MR) is 107 cm³/mol. The predicted octanol–water partition coefficient (Wildman–Crippen LogP) is 4.88. The van der Waals surface area contributed by atoms with Gasteiger partial charge in [-0.2, -0.15) is 0 Å². The molecular weight excluding hydrogens is 318 g/mol. The van der Waals surface area contributed by atoms with E-state index in [1.807, 2.05) is 11.0 Å². The van der Waals surface area contributed by atoms with E-state index in [-0.39, 0.29) is 5.92 Å². The van der Waals surface area contributed by atoms with E-state index in [9.17, 15) is 4.79 Å². The minimum absolute atomic E-state index is 0.0609. The van der Waals surface area contributed by atoms with Crippen molar-refractivity contribution in [3.05, 3.63) is 84.0 Å². The van der Waals surface area contributed by atoms with Crippen LogP contribution in [0.15, 0.2) is 78.4 Å². The normalized spacial score (nSPS) is 21.7. The summed E-state index contributed by atoms with van der Waals surface area (Å²) < 4.78 is 0. The second-order valence-electron chi connectivity index (χ2n) is 7.31. The SMILES string of the molecule is CCCN1CC2C=C(Cc3ccc(-c4ccccc4)cc3)C=CC2C1=O. The minimum Gasteiger partial charge on any atom is -0.342 e. The zero-order valence-electron chi connectivity index (χ0n) is 15.3. The number of likely N-dealkylation sites (tertiary alicyclic amines) is 1. The topological polar surface area (TPSA) is 20.3 Å². The van der Waals surface area contributed by atoms with Gasteiger partial charge in [-0.25, -0.2) is 0 Å². The molecule has 2 aromatic carbocycles. The van der Waals surface area contributed by atoms with Crippen LogP contribution in [-0.4, -0.2) is 23.9 Å². The number of rotatable bonds is 5. The average molecular weight is 343 g/mol. The molecule has 2 heteroatoms. The van der Waals surface area contributed by atoms with Gasteiger partial charge in [-0.3, -0.25) is 4.79 Å². The summed E-state index contributed by atoms with van der Waals surface area (Å²) >= 11 is 0. The first-order valence-electron chi connectivity index (χ1n) is 9.56. The number of nitrogens with zero attached hydrogens (tertiary/aromatic N) is 1. The highest BCUT2D eigenvalue weighted by atomic mass is 16.2. The highest BCUT2D eigenvalue weighted by Crippen LogP contribution is 2.33. The summed E-state index contributed by atoms with van der Waals surface area (Å²) in [5.41, 5.74) is 5.14. The van der Waals surface area contributed by atoms with Crippen molar-refractivity contribution in [2.75, 3.05) is 13.1 Å². The van der Waals surface area contributed by atoms with E-state index in [0.717, 1.165) is 25.9 Å². The molecule has 0 spiro atoms. The highest BCUT2D eigenvalue weighted by molar-refractivity contribution is 5.84. The van der Waals surface area contributed by atoms with Crippen LogP contribution in [0.2, 0.25) is 0 Å². The van der Waals surface area contributed by atoms with Crippen molar-refractivity contribution < 1.29 is 4.79 Å². The number of benzene rings is 2. The molecule has 26 heavy (non-hydrogen) atoms. The molecule has 0 bridgehead atoms. The van der Waals surface area contributed by atoms with Crippen molar-refractivity contribution in [2.45, 2.75) is 19.8 Å². The minimum atomic E-state index is 0.0609. The van der Waals surface area contributed by atoms with E-state index in [1.165, 1.54) is 22.3 Å². The Bertz CT molecular complexity index is 832. The summed E-state index contributed by atoms with van der Waals surface area (Å²) in [5, 5.41) is 0. The van der Waals surface area contributed by atoms with Gasteiger partial charge in [0.2, 0.25) is 5.91 Å². The lowest BCUT2D eigenvalue weighted by atomic mass is 9.86. The fourth-order valence-electron chi connectivity index (χ4n) is 4.06. The summed E-state index contributed by atoms with van der Waals surface area (Å²) in [7, 11) is 0. The zero-order chi connectivity index (χ0) is 17.9. The molecular formula is C24H25NO. The van der Waals surface area contributed by atoms with Crippen LogP contribution >= 0.6 is 0 Å². The Morgan fingerprint density at radius 1 is 1.00 bits per heavy atom. The molecule has 4 rings (SSSR count). The van der Waals surface area contributed by atoms with Gasteiger partial charge in [-0.15, -0.1) is 0 Å². The maximum Gasteiger partial charge on any atom is 0.230 e. The van der Waals surface area contributed by atoms with Gasteiger partial charge >= 0.3 is 0 Å². The van der Waals surface area contributed by atoms with Gasteiger partial charge in [0.1, 0.15) is 0 Å². The first-order chi connectivity index (χ1) is 12.7. The van der Waals surface area contributed by atoms with Crippen LogP contribution in [0.1, 0.15) is 18.9 Å². The van der Waals surface area contributed by atoms with Crippen LogP contribution in [0.3, 0.4) is 0 Å². The van der Waals surface area contributed by atoms with Crippen molar-refractivity contribution in [3.8, 4) is 11.1 Å². The Kier molecular flexibility index (Phi) is 4.75. The fourth-order valence-corrected chi connectivity index (χ4v) is 4.06. The molecule has 0 aromatic heterocycles. The molecule has 1 saturated heterocycles. The van der Waals surface area contributed by atoms with E-state index in [0.29, 0.717) is 11.8 Å². The van der Waals surface area contributed by atoms with Crippen molar-refractivity contribution in [1.29, 1.82) is 0 Å². The molecule has 2 unspecified atom stereocenters. The molecule has 1 aliphatic heterocycles. The van der Waals surface area contributed by atoms with Crippen LogP contribution in [0.5, 0.6) is 0 Å². The lowest BCUT2D eigenvalue weighted by molar-refractivity contribution is -0.129. The molecule has 2 aliphatic rings. The molecule has 1 heterocycles. The Morgan fingerprint density at radius 3 is 2.46 bits per heavy atom. The van der Waals surface area contributed by atoms with Gasteiger partial charge in [0, 0.05) is 19.0 Å². The summed E-state index contributed by atoms with van der Waals surface area (Å²) in [6.07, 6.45) is 8.55. The molecule has 2 nitrogen and oxygen atoms in total. The molecule has 2 atom stereocenters. The van der Waals surface area contributed by atoms with Gasteiger partial charge in [0.25, 0.3) is 0 Å². The molecule has 132 valence electrons. The molecule has 1 fully saturated rings. The molecule has 0 N–H and O–H groups in total. The Hall–Kier alpha value is -2.61. The smallest absolute Gasteiger partial charge is 0.230 e. The average Bonchev–Trinajstić information content (AvgIpc) is 2.99. The summed E-state index contributed by atoms with van der Waals surface area (Å²) in [5.74, 6) is 0.707.